The number of hydrogen-bond acceptors (Lipinski definition) is 4. The first-order chi connectivity index (χ1) is 17.0. The Balaban J connectivity index is 1.45. The molecule has 0 radical (unpaired) electrons. The number of benzene rings is 2. The third-order valence-electron chi connectivity index (χ3n) is 7.31. The Hall–Kier alpha value is -2.70. The van der Waals surface area contributed by atoms with E-state index in [1.165, 1.54) is 12.1 Å². The molecular weight excluding hydrogens is 465 g/mol. The molecule has 1 aromatic heterocycles. The number of aromatic nitrogens is 1. The highest BCUT2D eigenvalue weighted by Crippen LogP contribution is 2.32. The molecular formula is C28H31ClFN3O2. The van der Waals surface area contributed by atoms with Crippen LogP contribution in [0.1, 0.15) is 43.2 Å². The molecule has 2 fully saturated rings. The topological polar surface area (TPSA) is 56.7 Å². The first-order valence-corrected chi connectivity index (χ1v) is 12.9. The molecule has 0 spiro atoms. The average Bonchev–Trinajstić information content (AvgIpc) is 2.82. The molecule has 0 atom stereocenters. The molecule has 184 valence electrons. The van der Waals surface area contributed by atoms with Gasteiger partial charge in [-0.05, 0) is 68.0 Å². The monoisotopic (exact) mass is 495 g/mol. The highest BCUT2D eigenvalue weighted by atomic mass is 35.5. The van der Waals surface area contributed by atoms with E-state index in [1.807, 2.05) is 23.1 Å². The second-order valence-electron chi connectivity index (χ2n) is 9.79. The Kier molecular flexibility index (Phi) is 7.21. The molecule has 35 heavy (non-hydrogen) atoms. The highest BCUT2D eigenvalue weighted by molar-refractivity contribution is 6.31. The van der Waals surface area contributed by atoms with Crippen molar-refractivity contribution < 1.29 is 14.3 Å². The zero-order valence-electron chi connectivity index (χ0n) is 19.8. The maximum Gasteiger partial charge on any atom is 0.225 e. The summed E-state index contributed by atoms with van der Waals surface area (Å²) in [7, 11) is 0. The summed E-state index contributed by atoms with van der Waals surface area (Å²) in [6.07, 6.45) is 4.77. The summed E-state index contributed by atoms with van der Waals surface area (Å²) >= 11 is 6.25. The summed E-state index contributed by atoms with van der Waals surface area (Å²) in [5.74, 6) is 0.883. The van der Waals surface area contributed by atoms with E-state index < -0.39 is 0 Å². The van der Waals surface area contributed by atoms with Gasteiger partial charge in [0, 0.05) is 48.1 Å². The van der Waals surface area contributed by atoms with E-state index >= 15 is 0 Å². The van der Waals surface area contributed by atoms with E-state index in [4.69, 9.17) is 16.6 Å². The van der Waals surface area contributed by atoms with Gasteiger partial charge in [-0.2, -0.15) is 0 Å². The van der Waals surface area contributed by atoms with Crippen LogP contribution in [0.25, 0.3) is 10.9 Å². The summed E-state index contributed by atoms with van der Waals surface area (Å²) in [5.41, 5.74) is 2.84. The van der Waals surface area contributed by atoms with Crippen molar-refractivity contribution in [2.75, 3.05) is 24.5 Å². The number of halogens is 2. The van der Waals surface area contributed by atoms with E-state index in [1.54, 1.807) is 12.1 Å². The number of carbonyl (C=O) groups is 1. The first-order valence-electron chi connectivity index (χ1n) is 12.5. The first kappa shape index (κ1) is 24.0. The standard InChI is InChI=1S/C28H31ClFN3O2/c29-23-7-6-21-16-22(27(31-26(21)17-23)32-14-11-25(34)12-15-32)18-33(28(35)20-2-1-3-20)13-10-19-4-8-24(30)9-5-19/h4-9,16-17,20,25,34H,1-3,10-15,18H2. The lowest BCUT2D eigenvalue weighted by molar-refractivity contribution is -0.138. The van der Waals surface area contributed by atoms with Gasteiger partial charge in [0.1, 0.15) is 11.6 Å². The van der Waals surface area contributed by atoms with Crippen LogP contribution in [0.4, 0.5) is 10.2 Å². The molecule has 1 aliphatic carbocycles. The van der Waals surface area contributed by atoms with E-state index in [-0.39, 0.29) is 23.7 Å². The lowest BCUT2D eigenvalue weighted by atomic mass is 9.84. The number of aliphatic hydroxyl groups excluding tert-OH is 1. The minimum Gasteiger partial charge on any atom is -0.393 e. The average molecular weight is 496 g/mol. The molecule has 1 saturated carbocycles. The van der Waals surface area contributed by atoms with Crippen LogP contribution in [0, 0.1) is 11.7 Å². The molecule has 1 aliphatic heterocycles. The van der Waals surface area contributed by atoms with Gasteiger partial charge in [-0.15, -0.1) is 0 Å². The Bertz CT molecular complexity index is 1190. The van der Waals surface area contributed by atoms with Crippen LogP contribution in [0.3, 0.4) is 0 Å². The van der Waals surface area contributed by atoms with Gasteiger partial charge in [0.15, 0.2) is 0 Å². The molecule has 5 nitrogen and oxygen atoms in total. The summed E-state index contributed by atoms with van der Waals surface area (Å²) in [5, 5.41) is 11.6. The molecule has 1 N–H and O–H groups in total. The Labute approximate surface area is 210 Å². The zero-order chi connectivity index (χ0) is 24.4. The maximum atomic E-state index is 13.4. The van der Waals surface area contributed by atoms with E-state index in [2.05, 4.69) is 11.0 Å². The number of hydrogen-bond donors (Lipinski definition) is 1. The third-order valence-corrected chi connectivity index (χ3v) is 7.55. The van der Waals surface area contributed by atoms with Crippen LogP contribution in [0.5, 0.6) is 0 Å². The van der Waals surface area contributed by atoms with Gasteiger partial charge in [0.05, 0.1) is 11.6 Å². The maximum absolute atomic E-state index is 13.4. The number of aliphatic hydroxyl groups is 1. The smallest absolute Gasteiger partial charge is 0.225 e. The summed E-state index contributed by atoms with van der Waals surface area (Å²) in [6.45, 7) is 2.48. The predicted molar refractivity (Wildman–Crippen MR) is 137 cm³/mol. The number of piperidine rings is 1. The summed E-state index contributed by atoms with van der Waals surface area (Å²) in [4.78, 5) is 22.6. The van der Waals surface area contributed by atoms with Crippen LogP contribution in [-0.2, 0) is 17.8 Å². The van der Waals surface area contributed by atoms with Gasteiger partial charge in [0.25, 0.3) is 0 Å². The van der Waals surface area contributed by atoms with Crippen LogP contribution in [0.15, 0.2) is 48.5 Å². The van der Waals surface area contributed by atoms with Gasteiger partial charge >= 0.3 is 0 Å². The van der Waals surface area contributed by atoms with Crippen molar-refractivity contribution >= 4 is 34.2 Å². The molecule has 0 bridgehead atoms. The van der Waals surface area contributed by atoms with E-state index in [0.29, 0.717) is 37.4 Å². The van der Waals surface area contributed by atoms with E-state index in [0.717, 1.165) is 60.2 Å². The fraction of sp³-hybridized carbons (Fsp3) is 0.429. The fourth-order valence-corrected chi connectivity index (χ4v) is 5.11. The third kappa shape index (κ3) is 5.60. The second kappa shape index (κ2) is 10.5. The van der Waals surface area contributed by atoms with Gasteiger partial charge < -0.3 is 14.9 Å². The van der Waals surface area contributed by atoms with Crippen LogP contribution in [-0.4, -0.2) is 46.6 Å². The number of rotatable bonds is 7. The van der Waals surface area contributed by atoms with Gasteiger partial charge in [-0.3, -0.25) is 4.79 Å². The van der Waals surface area contributed by atoms with Crippen molar-refractivity contribution in [2.24, 2.45) is 5.92 Å². The molecule has 5 rings (SSSR count). The highest BCUT2D eigenvalue weighted by Gasteiger charge is 2.30. The van der Waals surface area contributed by atoms with Gasteiger partial charge in [-0.1, -0.05) is 36.2 Å². The number of anilines is 1. The van der Waals surface area contributed by atoms with Crippen LogP contribution < -0.4 is 4.90 Å². The van der Waals surface area contributed by atoms with Crippen molar-refractivity contribution in [3.8, 4) is 0 Å². The van der Waals surface area contributed by atoms with Crippen molar-refractivity contribution in [2.45, 2.75) is 51.2 Å². The molecule has 3 aromatic rings. The number of nitrogens with zero attached hydrogens (tertiary/aromatic N) is 3. The minimum atomic E-state index is -0.281. The van der Waals surface area contributed by atoms with Gasteiger partial charge in [-0.25, -0.2) is 9.37 Å². The predicted octanol–water partition coefficient (Wildman–Crippen LogP) is 5.36. The van der Waals surface area contributed by atoms with Crippen LogP contribution >= 0.6 is 11.6 Å². The largest absolute Gasteiger partial charge is 0.393 e. The molecule has 2 aromatic carbocycles. The quantitative estimate of drug-likeness (QED) is 0.479. The Morgan fingerprint density at radius 2 is 1.83 bits per heavy atom. The molecule has 1 saturated heterocycles. The lowest BCUT2D eigenvalue weighted by Gasteiger charge is -2.35. The SMILES string of the molecule is O=C(C1CCC1)N(CCc1ccc(F)cc1)Cc1cc2ccc(Cl)cc2nc1N1CCC(O)CC1. The van der Waals surface area contributed by atoms with Crippen molar-refractivity contribution in [3.05, 3.63) is 70.5 Å². The number of fused-ring (bicyclic) bond motifs is 1. The molecule has 0 unspecified atom stereocenters. The van der Waals surface area contributed by atoms with Gasteiger partial charge in [0.2, 0.25) is 5.91 Å². The summed E-state index contributed by atoms with van der Waals surface area (Å²) < 4.78 is 13.4. The van der Waals surface area contributed by atoms with E-state index in [9.17, 15) is 14.3 Å². The molecule has 1 amide bonds. The Morgan fingerprint density at radius 3 is 2.51 bits per heavy atom. The summed E-state index contributed by atoms with van der Waals surface area (Å²) in [6, 6.07) is 14.3. The molecule has 2 aliphatic rings. The van der Waals surface area contributed by atoms with Crippen molar-refractivity contribution in [3.63, 3.8) is 0 Å². The second-order valence-corrected chi connectivity index (χ2v) is 10.2. The normalized spacial score (nSPS) is 16.9. The molecule has 2 heterocycles. The molecule has 7 heteroatoms. The minimum absolute atomic E-state index is 0.0871. The zero-order valence-corrected chi connectivity index (χ0v) is 20.6. The number of pyridine rings is 1. The lowest BCUT2D eigenvalue weighted by Crippen LogP contribution is -2.41. The Morgan fingerprint density at radius 1 is 1.09 bits per heavy atom. The number of carbonyl (C=O) groups excluding carboxylic acids is 1. The number of amides is 1. The van der Waals surface area contributed by atoms with Crippen molar-refractivity contribution in [1.82, 2.24) is 9.88 Å². The van der Waals surface area contributed by atoms with Crippen LogP contribution in [0.2, 0.25) is 5.02 Å². The fourth-order valence-electron chi connectivity index (χ4n) is 4.94. The van der Waals surface area contributed by atoms with Crippen molar-refractivity contribution in [1.29, 1.82) is 0 Å².